The van der Waals surface area contributed by atoms with E-state index in [2.05, 4.69) is 9.72 Å². The van der Waals surface area contributed by atoms with Crippen LogP contribution in [0.15, 0.2) is 24.4 Å². The lowest BCUT2D eigenvalue weighted by Gasteiger charge is -1.99. The average Bonchev–Trinajstić information content (AvgIpc) is 2.69. The lowest BCUT2D eigenvalue weighted by atomic mass is 10.1. The SMILES string of the molecule is [2H]c1cc2c(C(=O)C(=O)Cl)c[nH]c2cc1OC([2H])([2H])[2H]. The van der Waals surface area contributed by atoms with Gasteiger partial charge in [0, 0.05) is 23.2 Å². The highest BCUT2D eigenvalue weighted by Gasteiger charge is 2.17. The molecule has 1 aromatic heterocycles. The number of benzene rings is 1. The van der Waals surface area contributed by atoms with Crippen LogP contribution in [0.1, 0.15) is 15.8 Å². The molecule has 1 heterocycles. The molecule has 0 radical (unpaired) electrons. The van der Waals surface area contributed by atoms with Crippen LogP contribution in [0.5, 0.6) is 5.75 Å². The molecule has 0 fully saturated rings. The molecule has 0 spiro atoms. The van der Waals surface area contributed by atoms with Crippen molar-refractivity contribution in [2.45, 2.75) is 0 Å². The summed E-state index contributed by atoms with van der Waals surface area (Å²) in [4.78, 5) is 25.1. The van der Waals surface area contributed by atoms with Crippen molar-refractivity contribution in [1.82, 2.24) is 4.98 Å². The number of carbonyl (C=O) groups is 2. The van der Waals surface area contributed by atoms with E-state index < -0.39 is 18.1 Å². The zero-order valence-electron chi connectivity index (χ0n) is 11.8. The summed E-state index contributed by atoms with van der Waals surface area (Å²) in [5.41, 5.74) is 0.385. The largest absolute Gasteiger partial charge is 0.497 e. The minimum absolute atomic E-state index is 0.0222. The zero-order chi connectivity index (χ0) is 15.1. The molecule has 5 heteroatoms. The molecule has 0 atom stereocenters. The van der Waals surface area contributed by atoms with Gasteiger partial charge in [-0.25, -0.2) is 0 Å². The lowest BCUT2D eigenvalue weighted by Crippen LogP contribution is -2.06. The molecular formula is C11H8ClNO3. The number of hydrogen-bond donors (Lipinski definition) is 1. The predicted octanol–water partition coefficient (Wildman–Crippen LogP) is 2.12. The van der Waals surface area contributed by atoms with Crippen LogP contribution in [0.3, 0.4) is 0 Å². The monoisotopic (exact) mass is 241 g/mol. The van der Waals surface area contributed by atoms with Gasteiger partial charge in [-0.15, -0.1) is 0 Å². The van der Waals surface area contributed by atoms with Crippen LogP contribution in [-0.4, -0.2) is 23.0 Å². The van der Waals surface area contributed by atoms with Gasteiger partial charge in [-0.2, -0.15) is 0 Å². The number of nitrogens with one attached hydrogen (secondary N) is 1. The summed E-state index contributed by atoms with van der Waals surface area (Å²) < 4.78 is 33.4. The van der Waals surface area contributed by atoms with Gasteiger partial charge in [0.1, 0.15) is 5.75 Å². The van der Waals surface area contributed by atoms with Crippen LogP contribution >= 0.6 is 11.6 Å². The first-order valence-corrected chi connectivity index (χ1v) is 4.62. The maximum absolute atomic E-state index is 11.6. The number of hydrogen-bond acceptors (Lipinski definition) is 3. The van der Waals surface area contributed by atoms with Crippen molar-refractivity contribution in [2.75, 3.05) is 7.04 Å². The van der Waals surface area contributed by atoms with Gasteiger partial charge in [-0.1, -0.05) is 0 Å². The standard InChI is InChI=1S/C11H8ClNO3/c1-16-6-2-3-7-8(10(14)11(12)15)5-13-9(7)4-6/h2-5,13H,1H3/i1D3,2D. The number of ether oxygens (including phenoxy) is 1. The van der Waals surface area contributed by atoms with Gasteiger partial charge in [0.05, 0.1) is 18.1 Å². The Hall–Kier alpha value is -1.81. The highest BCUT2D eigenvalue weighted by molar-refractivity contribution is 6.83. The van der Waals surface area contributed by atoms with Gasteiger partial charge in [0.25, 0.3) is 5.24 Å². The lowest BCUT2D eigenvalue weighted by molar-refractivity contribution is -0.108. The van der Waals surface area contributed by atoms with Crippen LogP contribution in [-0.2, 0) is 4.79 Å². The Morgan fingerprint density at radius 1 is 1.62 bits per heavy atom. The second-order valence-electron chi connectivity index (χ2n) is 3.03. The second kappa shape index (κ2) is 3.98. The van der Waals surface area contributed by atoms with E-state index in [1.165, 1.54) is 18.3 Å². The molecule has 2 rings (SSSR count). The number of fused-ring (bicyclic) bond motifs is 1. The minimum atomic E-state index is -2.68. The molecule has 0 saturated heterocycles. The van der Waals surface area contributed by atoms with E-state index in [1.807, 2.05) is 0 Å². The molecule has 1 aromatic carbocycles. The average molecular weight is 242 g/mol. The summed E-state index contributed by atoms with van der Waals surface area (Å²) in [6.45, 7) is 0. The molecule has 16 heavy (non-hydrogen) atoms. The van der Waals surface area contributed by atoms with E-state index in [0.717, 1.165) is 0 Å². The topological polar surface area (TPSA) is 59.2 Å². The highest BCUT2D eigenvalue weighted by Crippen LogP contribution is 2.23. The summed E-state index contributed by atoms with van der Waals surface area (Å²) in [6.07, 6.45) is 1.27. The van der Waals surface area contributed by atoms with Gasteiger partial charge >= 0.3 is 0 Å². The Balaban J connectivity index is 2.53. The van der Waals surface area contributed by atoms with Crippen LogP contribution in [0.4, 0.5) is 0 Å². The van der Waals surface area contributed by atoms with Gasteiger partial charge in [-0.05, 0) is 23.7 Å². The third-order valence-electron chi connectivity index (χ3n) is 2.12. The Morgan fingerprint density at radius 2 is 2.44 bits per heavy atom. The van der Waals surface area contributed by atoms with Gasteiger partial charge in [-0.3, -0.25) is 9.59 Å². The third kappa shape index (κ3) is 1.67. The zero-order valence-corrected chi connectivity index (χ0v) is 8.59. The number of halogens is 1. The van der Waals surface area contributed by atoms with Gasteiger partial charge in [0.2, 0.25) is 5.78 Å². The molecule has 2 aromatic rings. The first-order valence-electron chi connectivity index (χ1n) is 6.24. The number of aromatic nitrogens is 1. The van der Waals surface area contributed by atoms with Crippen molar-refractivity contribution >= 4 is 33.5 Å². The molecule has 0 saturated carbocycles. The Labute approximate surface area is 102 Å². The fraction of sp³-hybridized carbons (Fsp3) is 0.0909. The summed E-state index contributed by atoms with van der Waals surface area (Å²) >= 11 is 5.13. The molecule has 0 aliphatic carbocycles. The summed E-state index contributed by atoms with van der Waals surface area (Å²) in [5, 5.41) is -0.841. The van der Waals surface area contributed by atoms with Crippen LogP contribution in [0, 0.1) is 0 Å². The first-order chi connectivity index (χ1) is 9.19. The maximum Gasteiger partial charge on any atom is 0.293 e. The molecule has 0 amide bonds. The molecular weight excluding hydrogens is 230 g/mol. The predicted molar refractivity (Wildman–Crippen MR) is 60.0 cm³/mol. The number of rotatable bonds is 3. The fourth-order valence-electron chi connectivity index (χ4n) is 1.39. The van der Waals surface area contributed by atoms with E-state index in [1.54, 1.807) is 0 Å². The molecule has 0 bridgehead atoms. The van der Waals surface area contributed by atoms with Crippen molar-refractivity contribution < 1.29 is 19.8 Å². The Bertz CT molecular complexity index is 707. The molecule has 0 aliphatic rings. The quantitative estimate of drug-likeness (QED) is 0.509. The normalized spacial score (nSPS) is 14.8. The van der Waals surface area contributed by atoms with Crippen molar-refractivity contribution in [2.24, 2.45) is 0 Å². The van der Waals surface area contributed by atoms with Crippen molar-refractivity contribution in [1.29, 1.82) is 0 Å². The number of H-pyrrole nitrogens is 1. The highest BCUT2D eigenvalue weighted by atomic mass is 35.5. The van der Waals surface area contributed by atoms with E-state index in [4.69, 9.17) is 17.1 Å². The van der Waals surface area contributed by atoms with E-state index in [-0.39, 0.29) is 17.4 Å². The smallest absolute Gasteiger partial charge is 0.293 e. The number of Topliss-reactive ketones (excluding diaryl/α,β-unsaturated/α-hetero) is 1. The Kier molecular flexibility index (Phi) is 1.67. The molecule has 4 nitrogen and oxygen atoms in total. The van der Waals surface area contributed by atoms with E-state index >= 15 is 0 Å². The summed E-state index contributed by atoms with van der Waals surface area (Å²) in [6, 6.07) is 2.30. The van der Waals surface area contributed by atoms with Crippen molar-refractivity contribution in [3.05, 3.63) is 29.9 Å². The third-order valence-corrected chi connectivity index (χ3v) is 2.29. The minimum Gasteiger partial charge on any atom is -0.497 e. The van der Waals surface area contributed by atoms with Crippen LogP contribution in [0.2, 0.25) is 0 Å². The molecule has 1 N–H and O–H groups in total. The van der Waals surface area contributed by atoms with Crippen LogP contribution < -0.4 is 4.74 Å². The van der Waals surface area contributed by atoms with E-state index in [0.29, 0.717) is 10.9 Å². The maximum atomic E-state index is 11.6. The van der Waals surface area contributed by atoms with Crippen molar-refractivity contribution in [3.8, 4) is 5.75 Å². The Morgan fingerprint density at radius 3 is 3.12 bits per heavy atom. The number of methoxy groups -OCH3 is 1. The number of ketones is 1. The first kappa shape index (κ1) is 6.70. The summed E-state index contributed by atoms with van der Waals surface area (Å²) in [7, 11) is -2.68. The molecule has 0 unspecified atom stereocenters. The fourth-order valence-corrected chi connectivity index (χ4v) is 1.50. The summed E-state index contributed by atoms with van der Waals surface area (Å²) in [5.74, 6) is -1.06. The van der Waals surface area contributed by atoms with Gasteiger partial charge in [0.15, 0.2) is 0 Å². The second-order valence-corrected chi connectivity index (χ2v) is 3.38. The van der Waals surface area contributed by atoms with Crippen molar-refractivity contribution in [3.63, 3.8) is 0 Å². The number of aromatic amines is 1. The van der Waals surface area contributed by atoms with E-state index in [9.17, 15) is 9.59 Å². The molecule has 82 valence electrons. The van der Waals surface area contributed by atoms with Gasteiger partial charge < -0.3 is 9.72 Å². The van der Waals surface area contributed by atoms with Crippen LogP contribution in [0.25, 0.3) is 10.9 Å². The number of carbonyl (C=O) groups excluding carboxylic acids is 2. The molecule has 0 aliphatic heterocycles.